The van der Waals surface area contributed by atoms with Gasteiger partial charge in [0.05, 0.1) is 18.1 Å². The summed E-state index contributed by atoms with van der Waals surface area (Å²) in [5.41, 5.74) is 4.38. The number of benzene rings is 2. The number of rotatable bonds is 5. The molecule has 3 aromatic rings. The van der Waals surface area contributed by atoms with E-state index < -0.39 is 0 Å². The van der Waals surface area contributed by atoms with Gasteiger partial charge in [0.2, 0.25) is 5.91 Å². The Bertz CT molecular complexity index is 913. The normalized spacial score (nSPS) is 15.9. The van der Waals surface area contributed by atoms with Gasteiger partial charge in [-0.05, 0) is 43.0 Å². The van der Waals surface area contributed by atoms with E-state index in [0.29, 0.717) is 19.1 Å². The number of nitrogens with zero attached hydrogens (tertiary/aromatic N) is 4. The summed E-state index contributed by atoms with van der Waals surface area (Å²) < 4.78 is 2.06. The summed E-state index contributed by atoms with van der Waals surface area (Å²) >= 11 is 0. The van der Waals surface area contributed by atoms with Crippen LogP contribution in [-0.4, -0.2) is 45.4 Å². The number of fused-ring (bicyclic) bond motifs is 1. The SMILES string of the molecule is Cc1ccc2c(c1)nnn2C1CCN(CC(=O)NCc2ccccc2)CC1. The number of amides is 1. The minimum absolute atomic E-state index is 0.0824. The van der Waals surface area contributed by atoms with E-state index in [0.717, 1.165) is 42.5 Å². The van der Waals surface area contributed by atoms with E-state index in [2.05, 4.69) is 50.3 Å². The number of piperidine rings is 1. The summed E-state index contributed by atoms with van der Waals surface area (Å²) in [5.74, 6) is 0.0824. The van der Waals surface area contributed by atoms with E-state index in [1.54, 1.807) is 0 Å². The molecule has 6 heteroatoms. The first-order valence-electron chi connectivity index (χ1n) is 9.53. The van der Waals surface area contributed by atoms with E-state index >= 15 is 0 Å². The number of likely N-dealkylation sites (tertiary alicyclic amines) is 1. The molecular formula is C21H25N5O. The molecule has 0 saturated carbocycles. The lowest BCUT2D eigenvalue weighted by molar-refractivity contribution is -0.122. The third kappa shape index (κ3) is 4.17. The lowest BCUT2D eigenvalue weighted by atomic mass is 10.0. The quantitative estimate of drug-likeness (QED) is 0.757. The van der Waals surface area contributed by atoms with Crippen LogP contribution in [0.1, 0.15) is 30.0 Å². The highest BCUT2D eigenvalue weighted by Crippen LogP contribution is 2.25. The second-order valence-corrected chi connectivity index (χ2v) is 7.30. The maximum Gasteiger partial charge on any atom is 0.234 e. The second kappa shape index (κ2) is 7.88. The minimum Gasteiger partial charge on any atom is -0.351 e. The molecule has 0 aliphatic carbocycles. The van der Waals surface area contributed by atoms with Gasteiger partial charge in [-0.2, -0.15) is 0 Å². The molecule has 0 unspecified atom stereocenters. The van der Waals surface area contributed by atoms with Gasteiger partial charge in [-0.25, -0.2) is 4.68 Å². The van der Waals surface area contributed by atoms with Gasteiger partial charge in [0, 0.05) is 19.6 Å². The molecule has 0 radical (unpaired) electrons. The molecule has 6 nitrogen and oxygen atoms in total. The minimum atomic E-state index is 0.0824. The predicted molar refractivity (Wildman–Crippen MR) is 105 cm³/mol. The molecule has 0 spiro atoms. The Kier molecular flexibility index (Phi) is 5.16. The molecule has 4 rings (SSSR count). The van der Waals surface area contributed by atoms with Crippen LogP contribution in [0.25, 0.3) is 11.0 Å². The fraction of sp³-hybridized carbons (Fsp3) is 0.381. The Morgan fingerprint density at radius 1 is 1.15 bits per heavy atom. The van der Waals surface area contributed by atoms with Crippen LogP contribution in [0, 0.1) is 6.92 Å². The van der Waals surface area contributed by atoms with Gasteiger partial charge < -0.3 is 5.32 Å². The van der Waals surface area contributed by atoms with Crippen LogP contribution >= 0.6 is 0 Å². The fourth-order valence-electron chi connectivity index (χ4n) is 3.70. The van der Waals surface area contributed by atoms with Crippen LogP contribution in [0.15, 0.2) is 48.5 Å². The van der Waals surface area contributed by atoms with Gasteiger partial charge in [0.15, 0.2) is 0 Å². The largest absolute Gasteiger partial charge is 0.351 e. The molecule has 1 aliphatic heterocycles. The number of hydrogen-bond donors (Lipinski definition) is 1. The summed E-state index contributed by atoms with van der Waals surface area (Å²) in [4.78, 5) is 14.4. The van der Waals surface area contributed by atoms with Crippen LogP contribution in [0.5, 0.6) is 0 Å². The van der Waals surface area contributed by atoms with Crippen molar-refractivity contribution >= 4 is 16.9 Å². The predicted octanol–water partition coefficient (Wildman–Crippen LogP) is 2.69. The van der Waals surface area contributed by atoms with Crippen molar-refractivity contribution in [1.29, 1.82) is 0 Å². The van der Waals surface area contributed by atoms with E-state index in [1.807, 2.05) is 30.3 Å². The van der Waals surface area contributed by atoms with Gasteiger partial charge in [0.1, 0.15) is 5.52 Å². The molecule has 1 amide bonds. The van der Waals surface area contributed by atoms with Crippen molar-refractivity contribution in [2.24, 2.45) is 0 Å². The van der Waals surface area contributed by atoms with Crippen LogP contribution in [0.2, 0.25) is 0 Å². The fourth-order valence-corrected chi connectivity index (χ4v) is 3.70. The monoisotopic (exact) mass is 363 g/mol. The van der Waals surface area contributed by atoms with Crippen molar-refractivity contribution in [2.45, 2.75) is 32.4 Å². The Morgan fingerprint density at radius 3 is 2.70 bits per heavy atom. The highest BCUT2D eigenvalue weighted by molar-refractivity contribution is 5.78. The molecule has 0 bridgehead atoms. The Hall–Kier alpha value is -2.73. The summed E-state index contributed by atoms with van der Waals surface area (Å²) in [6.07, 6.45) is 1.97. The van der Waals surface area contributed by atoms with Crippen LogP contribution in [0.4, 0.5) is 0 Å². The highest BCUT2D eigenvalue weighted by atomic mass is 16.2. The zero-order valence-electron chi connectivity index (χ0n) is 15.6. The van der Waals surface area contributed by atoms with Gasteiger partial charge >= 0.3 is 0 Å². The maximum atomic E-state index is 12.2. The number of aromatic nitrogens is 3. The van der Waals surface area contributed by atoms with Crippen molar-refractivity contribution in [3.8, 4) is 0 Å². The molecule has 1 aliphatic rings. The number of carbonyl (C=O) groups is 1. The molecule has 140 valence electrons. The van der Waals surface area contributed by atoms with E-state index in [9.17, 15) is 4.79 Å². The summed E-state index contributed by atoms with van der Waals surface area (Å²) in [5, 5.41) is 11.7. The number of nitrogens with one attached hydrogen (secondary N) is 1. The molecule has 2 heterocycles. The third-order valence-electron chi connectivity index (χ3n) is 5.23. The van der Waals surface area contributed by atoms with E-state index in [-0.39, 0.29) is 5.91 Å². The first-order chi connectivity index (χ1) is 13.2. The first kappa shape index (κ1) is 17.7. The molecule has 1 aromatic heterocycles. The number of hydrogen-bond acceptors (Lipinski definition) is 4. The number of aryl methyl sites for hydroxylation is 1. The first-order valence-corrected chi connectivity index (χ1v) is 9.53. The van der Waals surface area contributed by atoms with Crippen LogP contribution in [0.3, 0.4) is 0 Å². The van der Waals surface area contributed by atoms with Gasteiger partial charge in [-0.1, -0.05) is 41.6 Å². The van der Waals surface area contributed by atoms with Crippen molar-refractivity contribution in [1.82, 2.24) is 25.2 Å². The highest BCUT2D eigenvalue weighted by Gasteiger charge is 2.24. The second-order valence-electron chi connectivity index (χ2n) is 7.30. The third-order valence-corrected chi connectivity index (χ3v) is 5.23. The van der Waals surface area contributed by atoms with Crippen LogP contribution < -0.4 is 5.32 Å². The Balaban J connectivity index is 1.29. The molecule has 1 N–H and O–H groups in total. The molecule has 1 fully saturated rings. The lowest BCUT2D eigenvalue weighted by Gasteiger charge is -2.31. The molecule has 0 atom stereocenters. The van der Waals surface area contributed by atoms with Gasteiger partial charge in [-0.3, -0.25) is 9.69 Å². The summed E-state index contributed by atoms with van der Waals surface area (Å²) in [6.45, 7) is 4.91. The van der Waals surface area contributed by atoms with Gasteiger partial charge in [0.25, 0.3) is 0 Å². The zero-order valence-corrected chi connectivity index (χ0v) is 15.6. The smallest absolute Gasteiger partial charge is 0.234 e. The molecule has 2 aromatic carbocycles. The molecule has 1 saturated heterocycles. The van der Waals surface area contributed by atoms with Crippen molar-refractivity contribution < 1.29 is 4.79 Å². The summed E-state index contributed by atoms with van der Waals surface area (Å²) in [7, 11) is 0. The molecular weight excluding hydrogens is 338 g/mol. The topological polar surface area (TPSA) is 63.1 Å². The van der Waals surface area contributed by atoms with Crippen molar-refractivity contribution in [3.63, 3.8) is 0 Å². The van der Waals surface area contributed by atoms with Gasteiger partial charge in [-0.15, -0.1) is 5.10 Å². The average molecular weight is 363 g/mol. The number of carbonyl (C=O) groups excluding carboxylic acids is 1. The Morgan fingerprint density at radius 2 is 1.93 bits per heavy atom. The van der Waals surface area contributed by atoms with E-state index in [1.165, 1.54) is 5.56 Å². The Labute approximate surface area is 159 Å². The van der Waals surface area contributed by atoms with Crippen molar-refractivity contribution in [3.05, 3.63) is 59.7 Å². The average Bonchev–Trinajstić information content (AvgIpc) is 3.11. The van der Waals surface area contributed by atoms with Crippen LogP contribution in [-0.2, 0) is 11.3 Å². The van der Waals surface area contributed by atoms with Crippen molar-refractivity contribution in [2.75, 3.05) is 19.6 Å². The maximum absolute atomic E-state index is 12.2. The molecule has 27 heavy (non-hydrogen) atoms. The zero-order chi connectivity index (χ0) is 18.6. The standard InChI is InChI=1S/C21H25N5O/c1-16-7-8-20-19(13-16)23-24-26(20)18-9-11-25(12-10-18)15-21(27)22-14-17-5-3-2-4-6-17/h2-8,13,18H,9-12,14-15H2,1H3,(H,22,27). The van der Waals surface area contributed by atoms with E-state index in [4.69, 9.17) is 0 Å². The summed E-state index contributed by atoms with van der Waals surface area (Å²) in [6, 6.07) is 16.6. The lowest BCUT2D eigenvalue weighted by Crippen LogP contribution is -2.41.